The number of aromatic nitrogens is 3. The molecule has 2 fully saturated rings. The van der Waals surface area contributed by atoms with Crippen molar-refractivity contribution in [2.45, 2.75) is 45.2 Å². The number of halogens is 1. The predicted molar refractivity (Wildman–Crippen MR) is 126 cm³/mol. The first-order valence-electron chi connectivity index (χ1n) is 9.90. The summed E-state index contributed by atoms with van der Waals surface area (Å²) in [5.74, 6) is 2.87. The SMILES string of the molecule is Cc1nnc(CN=C(NC2CCCC2)N2CCN(c3cccs3)CC2)n1C.I. The lowest BCUT2D eigenvalue weighted by Crippen LogP contribution is -2.54. The van der Waals surface area contributed by atoms with E-state index in [-0.39, 0.29) is 24.0 Å². The summed E-state index contributed by atoms with van der Waals surface area (Å²) >= 11 is 1.82. The fourth-order valence-corrected chi connectivity index (χ4v) is 4.60. The minimum absolute atomic E-state index is 0. The zero-order valence-corrected chi connectivity index (χ0v) is 19.8. The third-order valence-corrected chi connectivity index (χ3v) is 6.57. The molecule has 1 saturated carbocycles. The Morgan fingerprint density at radius 2 is 1.96 bits per heavy atom. The van der Waals surface area contributed by atoms with E-state index in [1.165, 1.54) is 30.7 Å². The number of hydrogen-bond donors (Lipinski definition) is 1. The summed E-state index contributed by atoms with van der Waals surface area (Å²) in [6.45, 7) is 6.60. The van der Waals surface area contributed by atoms with Crippen LogP contribution in [0.2, 0.25) is 0 Å². The number of aliphatic imine (C=N–C) groups is 1. The van der Waals surface area contributed by atoms with Crippen LogP contribution in [0.15, 0.2) is 22.5 Å². The highest BCUT2D eigenvalue weighted by Gasteiger charge is 2.24. The molecule has 3 heterocycles. The molecule has 2 aromatic rings. The topological polar surface area (TPSA) is 61.6 Å². The van der Waals surface area contributed by atoms with Crippen LogP contribution < -0.4 is 10.2 Å². The minimum Gasteiger partial charge on any atom is -0.360 e. The van der Waals surface area contributed by atoms with E-state index in [2.05, 4.69) is 42.8 Å². The highest BCUT2D eigenvalue weighted by Crippen LogP contribution is 2.23. The number of thiophene rings is 1. The maximum Gasteiger partial charge on any atom is 0.194 e. The predicted octanol–water partition coefficient (Wildman–Crippen LogP) is 3.01. The molecule has 4 rings (SSSR count). The van der Waals surface area contributed by atoms with E-state index >= 15 is 0 Å². The van der Waals surface area contributed by atoms with Crippen molar-refractivity contribution in [3.63, 3.8) is 0 Å². The van der Waals surface area contributed by atoms with Gasteiger partial charge in [-0.15, -0.1) is 45.5 Å². The molecular formula is C19H30IN7S. The van der Waals surface area contributed by atoms with Gasteiger partial charge in [-0.25, -0.2) is 4.99 Å². The van der Waals surface area contributed by atoms with Gasteiger partial charge in [0.2, 0.25) is 0 Å². The molecule has 0 spiro atoms. The third kappa shape index (κ3) is 4.97. The van der Waals surface area contributed by atoms with Crippen LogP contribution in [0.5, 0.6) is 0 Å². The molecule has 0 radical (unpaired) electrons. The quantitative estimate of drug-likeness (QED) is 0.386. The van der Waals surface area contributed by atoms with Gasteiger partial charge in [0.15, 0.2) is 11.8 Å². The van der Waals surface area contributed by atoms with E-state index in [9.17, 15) is 0 Å². The largest absolute Gasteiger partial charge is 0.360 e. The van der Waals surface area contributed by atoms with Gasteiger partial charge in [0.1, 0.15) is 12.4 Å². The van der Waals surface area contributed by atoms with Crippen molar-refractivity contribution < 1.29 is 0 Å². The van der Waals surface area contributed by atoms with E-state index in [1.807, 2.05) is 29.9 Å². The first kappa shape index (κ1) is 21.4. The Balaban J connectivity index is 0.00000225. The number of guanidine groups is 1. The van der Waals surface area contributed by atoms with Gasteiger partial charge in [-0.1, -0.05) is 12.8 Å². The Hall–Kier alpha value is -1.36. The summed E-state index contributed by atoms with van der Waals surface area (Å²) in [6, 6.07) is 4.90. The van der Waals surface area contributed by atoms with Crippen LogP contribution in [0.25, 0.3) is 0 Å². The summed E-state index contributed by atoms with van der Waals surface area (Å²) in [5.41, 5.74) is 0. The maximum absolute atomic E-state index is 4.94. The van der Waals surface area contributed by atoms with Crippen molar-refractivity contribution in [2.75, 3.05) is 31.1 Å². The van der Waals surface area contributed by atoms with Crippen molar-refractivity contribution >= 4 is 46.3 Å². The van der Waals surface area contributed by atoms with Crippen LogP contribution >= 0.6 is 35.3 Å². The fraction of sp³-hybridized carbons (Fsp3) is 0.632. The molecule has 0 unspecified atom stereocenters. The molecule has 0 amide bonds. The lowest BCUT2D eigenvalue weighted by molar-refractivity contribution is 0.365. The van der Waals surface area contributed by atoms with Crippen molar-refractivity contribution in [1.82, 2.24) is 25.0 Å². The summed E-state index contributed by atoms with van der Waals surface area (Å²) in [4.78, 5) is 9.82. The number of nitrogens with one attached hydrogen (secondary N) is 1. The van der Waals surface area contributed by atoms with Gasteiger partial charge in [0, 0.05) is 39.3 Å². The van der Waals surface area contributed by atoms with E-state index in [4.69, 9.17) is 4.99 Å². The molecule has 1 saturated heterocycles. The highest BCUT2D eigenvalue weighted by atomic mass is 127. The lowest BCUT2D eigenvalue weighted by atomic mass is 10.2. The number of hydrogen-bond acceptors (Lipinski definition) is 5. The zero-order valence-electron chi connectivity index (χ0n) is 16.7. The molecule has 28 heavy (non-hydrogen) atoms. The van der Waals surface area contributed by atoms with Gasteiger partial charge in [-0.3, -0.25) is 0 Å². The smallest absolute Gasteiger partial charge is 0.194 e. The van der Waals surface area contributed by atoms with Gasteiger partial charge < -0.3 is 19.7 Å². The lowest BCUT2D eigenvalue weighted by Gasteiger charge is -2.37. The molecule has 1 aliphatic carbocycles. The Labute approximate surface area is 188 Å². The Kier molecular flexibility index (Phi) is 7.55. The Bertz CT molecular complexity index is 759. The first-order chi connectivity index (χ1) is 13.2. The summed E-state index contributed by atoms with van der Waals surface area (Å²) < 4.78 is 2.02. The molecule has 2 aliphatic rings. The van der Waals surface area contributed by atoms with E-state index in [1.54, 1.807) is 0 Å². The molecule has 1 N–H and O–H groups in total. The molecule has 9 heteroatoms. The first-order valence-corrected chi connectivity index (χ1v) is 10.8. The second-order valence-corrected chi connectivity index (χ2v) is 8.34. The second-order valence-electron chi connectivity index (χ2n) is 7.41. The van der Waals surface area contributed by atoms with Crippen LogP contribution in [-0.2, 0) is 13.6 Å². The van der Waals surface area contributed by atoms with E-state index < -0.39 is 0 Å². The number of nitrogens with zero attached hydrogens (tertiary/aromatic N) is 6. The van der Waals surface area contributed by atoms with Gasteiger partial charge in [0.05, 0.1) is 5.00 Å². The van der Waals surface area contributed by atoms with Crippen LogP contribution in [-0.4, -0.2) is 57.8 Å². The summed E-state index contributed by atoms with van der Waals surface area (Å²) in [6.07, 6.45) is 5.13. The molecular weight excluding hydrogens is 485 g/mol. The molecule has 154 valence electrons. The summed E-state index contributed by atoms with van der Waals surface area (Å²) in [5, 5.41) is 15.7. The van der Waals surface area contributed by atoms with Crippen molar-refractivity contribution in [3.8, 4) is 0 Å². The number of anilines is 1. The molecule has 0 aromatic carbocycles. The van der Waals surface area contributed by atoms with Crippen molar-refractivity contribution in [3.05, 3.63) is 29.2 Å². The fourth-order valence-electron chi connectivity index (χ4n) is 3.81. The average Bonchev–Trinajstić information content (AvgIpc) is 3.44. The van der Waals surface area contributed by atoms with Crippen LogP contribution in [0.3, 0.4) is 0 Å². The van der Waals surface area contributed by atoms with Gasteiger partial charge in [-0.05, 0) is 37.3 Å². The number of piperazine rings is 1. The van der Waals surface area contributed by atoms with Crippen molar-refractivity contribution in [1.29, 1.82) is 0 Å². The molecule has 0 bridgehead atoms. The maximum atomic E-state index is 4.94. The minimum atomic E-state index is 0. The Morgan fingerprint density at radius 3 is 2.57 bits per heavy atom. The monoisotopic (exact) mass is 515 g/mol. The second kappa shape index (κ2) is 9.91. The average molecular weight is 515 g/mol. The van der Waals surface area contributed by atoms with Gasteiger partial charge in [-0.2, -0.15) is 0 Å². The Morgan fingerprint density at radius 1 is 1.21 bits per heavy atom. The normalized spacial score (nSPS) is 18.4. The number of rotatable bonds is 4. The standard InChI is InChI=1S/C19H29N7S.HI/c1-15-22-23-17(24(15)2)14-20-19(21-16-6-3-4-7-16)26-11-9-25(10-12-26)18-8-5-13-27-18;/h5,8,13,16H,3-4,6-7,9-12,14H2,1-2H3,(H,20,21);1H. The van der Waals surface area contributed by atoms with Crippen LogP contribution in [0.4, 0.5) is 5.00 Å². The zero-order chi connectivity index (χ0) is 18.6. The van der Waals surface area contributed by atoms with Gasteiger partial charge >= 0.3 is 0 Å². The van der Waals surface area contributed by atoms with Gasteiger partial charge in [0.25, 0.3) is 0 Å². The van der Waals surface area contributed by atoms with Crippen LogP contribution in [0, 0.1) is 6.92 Å². The summed E-state index contributed by atoms with van der Waals surface area (Å²) in [7, 11) is 2.00. The van der Waals surface area contributed by atoms with E-state index in [0.717, 1.165) is 43.8 Å². The molecule has 1 aliphatic heterocycles. The van der Waals surface area contributed by atoms with Crippen molar-refractivity contribution in [2.24, 2.45) is 12.0 Å². The van der Waals surface area contributed by atoms with Crippen LogP contribution in [0.1, 0.15) is 37.3 Å². The molecule has 0 atom stereocenters. The molecule has 2 aromatic heterocycles. The van der Waals surface area contributed by atoms with E-state index in [0.29, 0.717) is 12.6 Å². The molecule has 7 nitrogen and oxygen atoms in total. The highest BCUT2D eigenvalue weighted by molar-refractivity contribution is 14.0. The number of aryl methyl sites for hydroxylation is 1. The third-order valence-electron chi connectivity index (χ3n) is 5.64.